The molecule has 1 aromatic rings. The summed E-state index contributed by atoms with van der Waals surface area (Å²) in [7, 11) is 1.70. The number of nitrogens with one attached hydrogen (secondary N) is 2. The van der Waals surface area contributed by atoms with Gasteiger partial charge in [0.2, 0.25) is 5.91 Å². The smallest absolute Gasteiger partial charge is 0.222 e. The molecule has 0 spiro atoms. The zero-order valence-corrected chi connectivity index (χ0v) is 16.3. The average molecular weight is 361 g/mol. The van der Waals surface area contributed by atoms with Crippen LogP contribution in [0.3, 0.4) is 0 Å². The van der Waals surface area contributed by atoms with Gasteiger partial charge in [-0.05, 0) is 31.4 Å². The van der Waals surface area contributed by atoms with Crippen molar-refractivity contribution in [3.05, 3.63) is 29.8 Å². The van der Waals surface area contributed by atoms with E-state index in [0.29, 0.717) is 13.0 Å². The van der Waals surface area contributed by atoms with E-state index >= 15 is 0 Å². The molecule has 1 saturated heterocycles. The average Bonchev–Trinajstić information content (AvgIpc) is 3.07. The molecule has 1 aromatic carbocycles. The minimum atomic E-state index is 0.267. The molecule has 1 unspecified atom stereocenters. The van der Waals surface area contributed by atoms with Gasteiger partial charge >= 0.3 is 0 Å². The highest BCUT2D eigenvalue weighted by molar-refractivity contribution is 5.80. The fraction of sp³-hybridized carbons (Fsp3) is 0.600. The summed E-state index contributed by atoms with van der Waals surface area (Å²) in [6.45, 7) is 8.25. The van der Waals surface area contributed by atoms with E-state index in [0.717, 1.165) is 50.7 Å². The highest BCUT2D eigenvalue weighted by Crippen LogP contribution is 2.26. The summed E-state index contributed by atoms with van der Waals surface area (Å²) in [6.07, 6.45) is 2.63. The Balaban J connectivity index is 1.82. The lowest BCUT2D eigenvalue weighted by Gasteiger charge is -2.17. The van der Waals surface area contributed by atoms with Crippen LogP contribution in [-0.2, 0) is 4.79 Å². The number of methoxy groups -OCH3 is 1. The summed E-state index contributed by atoms with van der Waals surface area (Å²) in [5, 5.41) is 6.65. The van der Waals surface area contributed by atoms with Crippen LogP contribution in [-0.4, -0.2) is 56.6 Å². The van der Waals surface area contributed by atoms with Crippen LogP contribution in [0.5, 0.6) is 5.75 Å². The first-order chi connectivity index (χ1) is 12.7. The number of aliphatic imine (C=N–C) groups is 1. The molecule has 1 aliphatic rings. The Morgan fingerprint density at radius 3 is 2.85 bits per heavy atom. The van der Waals surface area contributed by atoms with Crippen molar-refractivity contribution in [2.45, 2.75) is 39.0 Å². The standard InChI is InChI=1S/C20H32N4O2/c1-4-21-20(22-12-8-14-24-13-7-11-19(24)25)23-15-16(2)17-9-5-6-10-18(17)26-3/h5-6,9-10,16H,4,7-8,11-15H2,1-3H3,(H2,21,22,23). The lowest BCUT2D eigenvalue weighted by molar-refractivity contribution is -0.127. The maximum absolute atomic E-state index is 11.6. The Kier molecular flexibility index (Phi) is 8.25. The first kappa shape index (κ1) is 20.1. The summed E-state index contributed by atoms with van der Waals surface area (Å²) < 4.78 is 5.45. The molecule has 0 aliphatic carbocycles. The molecule has 26 heavy (non-hydrogen) atoms. The van der Waals surface area contributed by atoms with E-state index in [4.69, 9.17) is 9.73 Å². The van der Waals surface area contributed by atoms with E-state index in [-0.39, 0.29) is 11.8 Å². The maximum atomic E-state index is 11.6. The molecule has 0 bridgehead atoms. The maximum Gasteiger partial charge on any atom is 0.222 e. The number of carbonyl (C=O) groups is 1. The molecule has 6 nitrogen and oxygen atoms in total. The van der Waals surface area contributed by atoms with Crippen molar-refractivity contribution < 1.29 is 9.53 Å². The Morgan fingerprint density at radius 2 is 2.15 bits per heavy atom. The van der Waals surface area contributed by atoms with Gasteiger partial charge in [0.25, 0.3) is 0 Å². The topological polar surface area (TPSA) is 66.0 Å². The highest BCUT2D eigenvalue weighted by Gasteiger charge is 2.19. The lowest BCUT2D eigenvalue weighted by atomic mass is 10.0. The summed E-state index contributed by atoms with van der Waals surface area (Å²) in [5.74, 6) is 2.28. The predicted octanol–water partition coefficient (Wildman–Crippen LogP) is 2.37. The molecule has 0 radical (unpaired) electrons. The molecule has 1 fully saturated rings. The molecule has 144 valence electrons. The zero-order chi connectivity index (χ0) is 18.8. The first-order valence-corrected chi connectivity index (χ1v) is 9.58. The van der Waals surface area contributed by atoms with E-state index in [9.17, 15) is 4.79 Å². The third kappa shape index (κ3) is 5.93. The Labute approximate surface area is 157 Å². The number of rotatable bonds is 9. The van der Waals surface area contributed by atoms with Gasteiger partial charge in [0.15, 0.2) is 5.96 Å². The number of nitrogens with zero attached hydrogens (tertiary/aromatic N) is 2. The van der Waals surface area contributed by atoms with E-state index < -0.39 is 0 Å². The van der Waals surface area contributed by atoms with E-state index in [1.165, 1.54) is 5.56 Å². The number of para-hydroxylation sites is 1. The number of guanidine groups is 1. The lowest BCUT2D eigenvalue weighted by Crippen LogP contribution is -2.39. The molecule has 0 saturated carbocycles. The second kappa shape index (κ2) is 10.7. The fourth-order valence-electron chi connectivity index (χ4n) is 3.16. The SMILES string of the molecule is CCNC(=NCC(C)c1ccccc1OC)NCCCN1CCCC1=O. The van der Waals surface area contributed by atoms with Gasteiger partial charge in [-0.3, -0.25) is 9.79 Å². The van der Waals surface area contributed by atoms with Crippen LogP contribution in [0, 0.1) is 0 Å². The molecule has 0 aromatic heterocycles. The van der Waals surface area contributed by atoms with E-state index in [1.54, 1.807) is 7.11 Å². The fourth-order valence-corrected chi connectivity index (χ4v) is 3.16. The molecule has 2 N–H and O–H groups in total. The van der Waals surface area contributed by atoms with Gasteiger partial charge in [0.1, 0.15) is 5.75 Å². The van der Waals surface area contributed by atoms with Crippen LogP contribution in [0.1, 0.15) is 44.6 Å². The molecule has 1 aliphatic heterocycles. The van der Waals surface area contributed by atoms with Gasteiger partial charge in [-0.15, -0.1) is 0 Å². The predicted molar refractivity (Wildman–Crippen MR) is 106 cm³/mol. The normalized spacial score (nSPS) is 15.9. The molecule has 1 atom stereocenters. The summed E-state index contributed by atoms with van der Waals surface area (Å²) in [4.78, 5) is 18.3. The monoisotopic (exact) mass is 360 g/mol. The van der Waals surface area contributed by atoms with Gasteiger partial charge < -0.3 is 20.3 Å². The number of hydrogen-bond donors (Lipinski definition) is 2. The van der Waals surface area contributed by atoms with Crippen molar-refractivity contribution in [1.29, 1.82) is 0 Å². The minimum Gasteiger partial charge on any atom is -0.496 e. The molecule has 6 heteroatoms. The van der Waals surface area contributed by atoms with Crippen LogP contribution in [0.4, 0.5) is 0 Å². The number of amides is 1. The quantitative estimate of drug-likeness (QED) is 0.403. The third-order valence-corrected chi connectivity index (χ3v) is 4.61. The van der Waals surface area contributed by atoms with Crippen molar-refractivity contribution in [2.24, 2.45) is 4.99 Å². The summed E-state index contributed by atoms with van der Waals surface area (Å²) in [6, 6.07) is 8.08. The summed E-state index contributed by atoms with van der Waals surface area (Å²) >= 11 is 0. The van der Waals surface area contributed by atoms with Gasteiger partial charge in [-0.25, -0.2) is 0 Å². The number of hydrogen-bond acceptors (Lipinski definition) is 3. The second-order valence-corrected chi connectivity index (χ2v) is 6.63. The second-order valence-electron chi connectivity index (χ2n) is 6.63. The number of carbonyl (C=O) groups excluding carboxylic acids is 1. The number of likely N-dealkylation sites (tertiary alicyclic amines) is 1. The Bertz CT molecular complexity index is 603. The molecule has 1 amide bonds. The van der Waals surface area contributed by atoms with Crippen LogP contribution in [0.15, 0.2) is 29.3 Å². The van der Waals surface area contributed by atoms with E-state index in [2.05, 4.69) is 30.5 Å². The molecule has 1 heterocycles. The minimum absolute atomic E-state index is 0.267. The van der Waals surface area contributed by atoms with Crippen molar-refractivity contribution in [1.82, 2.24) is 15.5 Å². The first-order valence-electron chi connectivity index (χ1n) is 9.58. The largest absolute Gasteiger partial charge is 0.496 e. The zero-order valence-electron chi connectivity index (χ0n) is 16.3. The third-order valence-electron chi connectivity index (χ3n) is 4.61. The Hall–Kier alpha value is -2.24. The van der Waals surface area contributed by atoms with Crippen LogP contribution >= 0.6 is 0 Å². The van der Waals surface area contributed by atoms with Crippen molar-refractivity contribution in [2.75, 3.05) is 39.8 Å². The molecule has 2 rings (SSSR count). The van der Waals surface area contributed by atoms with Gasteiger partial charge in [0.05, 0.1) is 7.11 Å². The molecular formula is C20H32N4O2. The number of ether oxygens (including phenoxy) is 1. The highest BCUT2D eigenvalue weighted by atomic mass is 16.5. The van der Waals surface area contributed by atoms with Crippen molar-refractivity contribution in [3.8, 4) is 5.75 Å². The van der Waals surface area contributed by atoms with Gasteiger partial charge in [-0.2, -0.15) is 0 Å². The van der Waals surface area contributed by atoms with Gasteiger partial charge in [-0.1, -0.05) is 25.1 Å². The van der Waals surface area contributed by atoms with Crippen LogP contribution < -0.4 is 15.4 Å². The number of benzene rings is 1. The van der Waals surface area contributed by atoms with Gasteiger partial charge in [0, 0.05) is 45.1 Å². The van der Waals surface area contributed by atoms with Crippen molar-refractivity contribution in [3.63, 3.8) is 0 Å². The molecular weight excluding hydrogens is 328 g/mol. The van der Waals surface area contributed by atoms with Crippen LogP contribution in [0.25, 0.3) is 0 Å². The van der Waals surface area contributed by atoms with Crippen molar-refractivity contribution >= 4 is 11.9 Å². The van der Waals surface area contributed by atoms with Crippen LogP contribution in [0.2, 0.25) is 0 Å². The Morgan fingerprint density at radius 1 is 1.35 bits per heavy atom. The van der Waals surface area contributed by atoms with E-state index in [1.807, 2.05) is 23.1 Å². The summed E-state index contributed by atoms with van der Waals surface area (Å²) in [5.41, 5.74) is 1.17.